The van der Waals surface area contributed by atoms with Gasteiger partial charge in [0.05, 0.1) is 6.10 Å². The minimum atomic E-state index is -0.947. The molecule has 0 bridgehead atoms. The molecule has 2 rings (SSSR count). The van der Waals surface area contributed by atoms with Gasteiger partial charge in [-0.1, -0.05) is 73.1 Å². The van der Waals surface area contributed by atoms with Crippen LogP contribution in [0.25, 0.3) is 0 Å². The molecule has 0 aromatic heterocycles. The molecule has 4 heteroatoms. The van der Waals surface area contributed by atoms with Gasteiger partial charge in [0.2, 0.25) is 0 Å². The van der Waals surface area contributed by atoms with E-state index in [9.17, 15) is 9.90 Å². The molecule has 0 saturated heterocycles. The predicted octanol–water partition coefficient (Wildman–Crippen LogP) is 8.53. The molecular weight excluding hydrogens is 436 g/mol. The zero-order valence-corrected chi connectivity index (χ0v) is 23.8. The van der Waals surface area contributed by atoms with E-state index in [1.807, 2.05) is 19.9 Å². The third-order valence-electron chi connectivity index (χ3n) is 8.20. The highest BCUT2D eigenvalue weighted by Gasteiger charge is 2.25. The zero-order chi connectivity index (χ0) is 26.1. The Balaban J connectivity index is 1.74. The fraction of sp³-hybridized carbons (Fsp3) is 0.774. The molecule has 0 aliphatic carbocycles. The van der Waals surface area contributed by atoms with Crippen molar-refractivity contribution >= 4 is 5.97 Å². The Morgan fingerprint density at radius 3 is 2.31 bits per heavy atom. The molecule has 0 spiro atoms. The van der Waals surface area contributed by atoms with Crippen LogP contribution in [-0.4, -0.2) is 23.3 Å². The normalized spacial score (nSPS) is 18.9. The van der Waals surface area contributed by atoms with Crippen LogP contribution >= 0.6 is 0 Å². The van der Waals surface area contributed by atoms with Gasteiger partial charge in [0, 0.05) is 5.56 Å². The van der Waals surface area contributed by atoms with E-state index in [4.69, 9.17) is 9.47 Å². The average Bonchev–Trinajstić information content (AvgIpc) is 2.79. The Morgan fingerprint density at radius 2 is 1.66 bits per heavy atom. The molecule has 200 valence electrons. The highest BCUT2D eigenvalue weighted by molar-refractivity contribution is 5.72. The number of aryl methyl sites for hydroxylation is 1. The summed E-state index contributed by atoms with van der Waals surface area (Å²) in [6, 6.07) is 2.03. The van der Waals surface area contributed by atoms with Gasteiger partial charge in [-0.3, -0.25) is 0 Å². The summed E-state index contributed by atoms with van der Waals surface area (Å²) in [5.41, 5.74) is 3.13. The molecule has 0 fully saturated rings. The van der Waals surface area contributed by atoms with E-state index >= 15 is 0 Å². The molecule has 1 heterocycles. The SMILES string of the molecule is Cc1cc2c(c(C)c1OC(C)C(=O)O)CC[C@@H](CCC[C@H](C)CCC[C@@H](C)C(C)CCC(C)C)O2. The maximum atomic E-state index is 11.2. The molecule has 1 aliphatic heterocycles. The number of hydrogen-bond acceptors (Lipinski definition) is 3. The lowest BCUT2D eigenvalue weighted by Crippen LogP contribution is -2.26. The van der Waals surface area contributed by atoms with Crippen LogP contribution in [0.15, 0.2) is 6.07 Å². The molecule has 5 atom stereocenters. The Hall–Kier alpha value is -1.71. The molecule has 0 saturated carbocycles. The van der Waals surface area contributed by atoms with Gasteiger partial charge in [-0.15, -0.1) is 0 Å². The van der Waals surface area contributed by atoms with Crippen LogP contribution in [0.2, 0.25) is 0 Å². The summed E-state index contributed by atoms with van der Waals surface area (Å²) in [6.07, 6.45) is 11.8. The van der Waals surface area contributed by atoms with Crippen molar-refractivity contribution in [3.05, 3.63) is 22.8 Å². The first-order valence-corrected chi connectivity index (χ1v) is 14.2. The van der Waals surface area contributed by atoms with Gasteiger partial charge < -0.3 is 14.6 Å². The number of benzene rings is 1. The molecule has 1 aliphatic rings. The van der Waals surface area contributed by atoms with Crippen LogP contribution in [0.3, 0.4) is 0 Å². The van der Waals surface area contributed by atoms with Crippen LogP contribution in [-0.2, 0) is 11.2 Å². The summed E-state index contributed by atoms with van der Waals surface area (Å²) in [6.45, 7) is 17.5. The summed E-state index contributed by atoms with van der Waals surface area (Å²) in [5, 5.41) is 9.20. The number of carboxylic acid groups (broad SMARTS) is 1. The zero-order valence-electron chi connectivity index (χ0n) is 23.8. The first-order valence-electron chi connectivity index (χ1n) is 14.2. The highest BCUT2D eigenvalue weighted by atomic mass is 16.5. The molecule has 4 nitrogen and oxygen atoms in total. The second-order valence-electron chi connectivity index (χ2n) is 11.9. The van der Waals surface area contributed by atoms with Gasteiger partial charge in [0.1, 0.15) is 11.5 Å². The largest absolute Gasteiger partial charge is 0.490 e. The van der Waals surface area contributed by atoms with Crippen molar-refractivity contribution in [2.75, 3.05) is 0 Å². The third-order valence-corrected chi connectivity index (χ3v) is 8.20. The van der Waals surface area contributed by atoms with Gasteiger partial charge in [-0.2, -0.15) is 0 Å². The minimum absolute atomic E-state index is 0.278. The summed E-state index contributed by atoms with van der Waals surface area (Å²) in [4.78, 5) is 11.2. The second-order valence-corrected chi connectivity index (χ2v) is 11.9. The molecule has 2 unspecified atom stereocenters. The first-order chi connectivity index (χ1) is 16.5. The lowest BCUT2D eigenvalue weighted by molar-refractivity contribution is -0.144. The molecule has 35 heavy (non-hydrogen) atoms. The van der Waals surface area contributed by atoms with Gasteiger partial charge in [-0.25, -0.2) is 4.79 Å². The van der Waals surface area contributed by atoms with Crippen LogP contribution in [0.4, 0.5) is 0 Å². The molecule has 1 N–H and O–H groups in total. The first kappa shape index (κ1) is 29.5. The van der Waals surface area contributed by atoms with Crippen molar-refractivity contribution in [1.82, 2.24) is 0 Å². The van der Waals surface area contributed by atoms with Crippen molar-refractivity contribution in [2.45, 2.75) is 132 Å². The number of aliphatic carboxylic acids is 1. The minimum Gasteiger partial charge on any atom is -0.490 e. The average molecular weight is 489 g/mol. The summed E-state index contributed by atoms with van der Waals surface area (Å²) >= 11 is 0. The Kier molecular flexibility index (Phi) is 11.9. The van der Waals surface area contributed by atoms with E-state index in [0.717, 1.165) is 59.8 Å². The quantitative estimate of drug-likeness (QED) is 0.269. The van der Waals surface area contributed by atoms with Crippen LogP contribution in [0.5, 0.6) is 11.5 Å². The fourth-order valence-corrected chi connectivity index (χ4v) is 5.33. The smallest absolute Gasteiger partial charge is 0.344 e. The van der Waals surface area contributed by atoms with Crippen molar-refractivity contribution < 1.29 is 19.4 Å². The van der Waals surface area contributed by atoms with Crippen LogP contribution < -0.4 is 9.47 Å². The Morgan fingerprint density at radius 1 is 1.00 bits per heavy atom. The second kappa shape index (κ2) is 14.1. The number of hydrogen-bond donors (Lipinski definition) is 1. The Labute approximate surface area is 215 Å². The fourth-order valence-electron chi connectivity index (χ4n) is 5.33. The number of carboxylic acids is 1. The van der Waals surface area contributed by atoms with Crippen molar-refractivity contribution in [3.8, 4) is 11.5 Å². The van der Waals surface area contributed by atoms with Crippen molar-refractivity contribution in [1.29, 1.82) is 0 Å². The summed E-state index contributed by atoms with van der Waals surface area (Å²) in [5.74, 6) is 3.98. The van der Waals surface area contributed by atoms with Crippen LogP contribution in [0.1, 0.15) is 116 Å². The maximum Gasteiger partial charge on any atom is 0.344 e. The van der Waals surface area contributed by atoms with Gasteiger partial charge in [0.15, 0.2) is 6.10 Å². The predicted molar refractivity (Wildman–Crippen MR) is 146 cm³/mol. The number of rotatable bonds is 15. The lowest BCUT2D eigenvalue weighted by Gasteiger charge is -2.29. The molecule has 1 aromatic rings. The van der Waals surface area contributed by atoms with E-state index < -0.39 is 12.1 Å². The highest BCUT2D eigenvalue weighted by Crippen LogP contribution is 2.39. The van der Waals surface area contributed by atoms with Crippen LogP contribution in [0, 0.1) is 37.5 Å². The summed E-state index contributed by atoms with van der Waals surface area (Å²) < 4.78 is 12.1. The van der Waals surface area contributed by atoms with Crippen molar-refractivity contribution in [2.24, 2.45) is 23.7 Å². The monoisotopic (exact) mass is 488 g/mol. The Bertz CT molecular complexity index is 800. The molecule has 0 radical (unpaired) electrons. The lowest BCUT2D eigenvalue weighted by atomic mass is 9.85. The van der Waals surface area contributed by atoms with E-state index in [1.54, 1.807) is 6.92 Å². The molecule has 1 aromatic carbocycles. The van der Waals surface area contributed by atoms with E-state index in [0.29, 0.717) is 5.75 Å². The number of fused-ring (bicyclic) bond motifs is 1. The number of ether oxygens (including phenoxy) is 2. The number of carbonyl (C=O) groups is 1. The van der Waals surface area contributed by atoms with E-state index in [1.165, 1.54) is 50.5 Å². The third kappa shape index (κ3) is 9.35. The van der Waals surface area contributed by atoms with Gasteiger partial charge in [-0.05, 0) is 87.3 Å². The van der Waals surface area contributed by atoms with E-state index in [2.05, 4.69) is 34.6 Å². The van der Waals surface area contributed by atoms with Gasteiger partial charge in [0.25, 0.3) is 0 Å². The standard InChI is InChI=1S/C31H52O4/c1-20(2)15-16-23(5)22(4)13-9-11-21(3)12-10-14-27-17-18-28-25(7)30(34-26(8)31(32)33)24(6)19-29(28)35-27/h19-23,26-27H,9-18H2,1-8H3,(H,32,33)/t21-,22-,23?,26?,27-/m1/s1. The topological polar surface area (TPSA) is 55.8 Å². The van der Waals surface area contributed by atoms with Crippen molar-refractivity contribution in [3.63, 3.8) is 0 Å². The van der Waals surface area contributed by atoms with E-state index in [-0.39, 0.29) is 6.10 Å². The summed E-state index contributed by atoms with van der Waals surface area (Å²) in [7, 11) is 0. The molecule has 0 amide bonds. The maximum absolute atomic E-state index is 11.2. The van der Waals surface area contributed by atoms with Gasteiger partial charge >= 0.3 is 5.97 Å². The molecular formula is C31H52O4.